The second-order valence-corrected chi connectivity index (χ2v) is 25.3. The lowest BCUT2D eigenvalue weighted by atomic mass is 9.35. The highest BCUT2D eigenvalue weighted by Crippen LogP contribution is 2.74. The molecule has 26 unspecified atom stereocenters. The summed E-state index contributed by atoms with van der Waals surface area (Å²) in [7, 11) is 0. The first-order valence-corrected chi connectivity index (χ1v) is 27.0. The first kappa shape index (κ1) is 58.5. The number of allylic oxidation sites excluding steroid dienone is 4. The van der Waals surface area contributed by atoms with Crippen LogP contribution in [0.15, 0.2) is 22.8 Å². The zero-order valence-electron chi connectivity index (χ0n) is 44.2. The van der Waals surface area contributed by atoms with Crippen LogP contribution in [0.25, 0.3) is 0 Å². The molecule has 4 saturated heterocycles. The summed E-state index contributed by atoms with van der Waals surface area (Å²) in [5.74, 6) is -1.32. The minimum absolute atomic E-state index is 0.0151. The lowest BCUT2D eigenvalue weighted by molar-refractivity contribution is -0.407. The largest absolute Gasteiger partial charge is 0.479 e. The van der Waals surface area contributed by atoms with Crippen molar-refractivity contribution >= 4 is 11.8 Å². The summed E-state index contributed by atoms with van der Waals surface area (Å²) in [5.41, 5.74) is 1.96. The molecule has 4 heterocycles. The highest BCUT2D eigenvalue weighted by molar-refractivity contribution is 6.00. The number of ether oxygens (including phenoxy) is 8. The molecule has 6 fully saturated rings. The SMILES string of the molecule is CC1(C)CCC2=C(C1)C1=CCC3C4(C)CCC(OC5OC(C(=O)O)C(O)C(OC6OC(CO)C(O)C(O)C6OC6OC(CO)C(O)C(O)C6O)C5OC5OC(CO)C(O)C(O)C5O)C(C)(C)C4CCC3(C)C1(C)CC2=O. The van der Waals surface area contributed by atoms with Crippen LogP contribution in [0.4, 0.5) is 0 Å². The molecule has 9 rings (SSSR count). The molecule has 4 aliphatic heterocycles. The summed E-state index contributed by atoms with van der Waals surface area (Å²) >= 11 is 0. The number of aliphatic carboxylic acids is 1. The topological polar surface area (TPSA) is 371 Å². The minimum Gasteiger partial charge on any atom is -0.479 e. The van der Waals surface area contributed by atoms with Crippen LogP contribution in [-0.4, -0.2) is 227 Å². The van der Waals surface area contributed by atoms with Gasteiger partial charge in [0.1, 0.15) is 91.6 Å². The molecule has 0 aromatic rings. The van der Waals surface area contributed by atoms with Gasteiger partial charge in [-0.05, 0) is 102 Å². The number of carboxylic acid groups (broad SMARTS) is 1. The first-order chi connectivity index (χ1) is 35.6. The Morgan fingerprint density at radius 1 is 0.566 bits per heavy atom. The van der Waals surface area contributed by atoms with Crippen LogP contribution in [0.1, 0.15) is 106 Å². The minimum atomic E-state index is -2.26. The molecule has 432 valence electrons. The number of fused-ring (bicyclic) bond motifs is 6. The molecule has 0 amide bonds. The molecule has 76 heavy (non-hydrogen) atoms. The summed E-state index contributed by atoms with van der Waals surface area (Å²) in [5, 5.41) is 140. The number of hydrogen-bond acceptors (Lipinski definition) is 22. The van der Waals surface area contributed by atoms with Crippen molar-refractivity contribution < 1.29 is 114 Å². The van der Waals surface area contributed by atoms with Crippen molar-refractivity contribution in [3.8, 4) is 0 Å². The van der Waals surface area contributed by atoms with Gasteiger partial charge < -0.3 is 104 Å². The van der Waals surface area contributed by atoms with Gasteiger partial charge in [0.2, 0.25) is 0 Å². The van der Waals surface area contributed by atoms with E-state index in [-0.39, 0.29) is 33.9 Å². The van der Waals surface area contributed by atoms with Gasteiger partial charge >= 0.3 is 5.97 Å². The molecule has 0 aromatic carbocycles. The van der Waals surface area contributed by atoms with Gasteiger partial charge in [0.05, 0.1) is 25.9 Å². The van der Waals surface area contributed by atoms with Crippen LogP contribution < -0.4 is 0 Å². The van der Waals surface area contributed by atoms with Crippen molar-refractivity contribution in [2.45, 2.75) is 235 Å². The molecule has 9 aliphatic rings. The van der Waals surface area contributed by atoms with Gasteiger partial charge in [0.15, 0.2) is 37.0 Å². The Kier molecular flexibility index (Phi) is 16.4. The van der Waals surface area contributed by atoms with Crippen LogP contribution in [0.3, 0.4) is 0 Å². The normalized spacial score (nSPS) is 51.2. The fraction of sp³-hybridized carbons (Fsp3) is 0.887. The molecular weight excluding hydrogens is 1000 g/mol. The maximum absolute atomic E-state index is 14.1. The first-order valence-electron chi connectivity index (χ1n) is 27.0. The summed E-state index contributed by atoms with van der Waals surface area (Å²) in [4.78, 5) is 27.3. The third-order valence-electron chi connectivity index (χ3n) is 20.1. The van der Waals surface area contributed by atoms with Crippen LogP contribution >= 0.6 is 0 Å². The summed E-state index contributed by atoms with van der Waals surface area (Å²) in [6.07, 6.45) is -30.6. The Morgan fingerprint density at radius 2 is 1.09 bits per heavy atom. The Bertz CT molecular complexity index is 2200. The number of ketones is 1. The lowest BCUT2D eigenvalue weighted by Crippen LogP contribution is -2.69. The predicted octanol–water partition coefficient (Wildman–Crippen LogP) is -1.59. The average Bonchev–Trinajstić information content (AvgIpc) is 3.41. The summed E-state index contributed by atoms with van der Waals surface area (Å²) < 4.78 is 48.7. The van der Waals surface area contributed by atoms with Gasteiger partial charge in [-0.25, -0.2) is 4.79 Å². The van der Waals surface area contributed by atoms with E-state index in [2.05, 4.69) is 54.5 Å². The molecule has 13 N–H and O–H groups in total. The lowest BCUT2D eigenvalue weighted by Gasteiger charge is -2.69. The third-order valence-corrected chi connectivity index (χ3v) is 20.1. The number of aliphatic hydroxyl groups is 12. The highest BCUT2D eigenvalue weighted by Gasteiger charge is 2.68. The van der Waals surface area contributed by atoms with Crippen LogP contribution in [0, 0.1) is 38.9 Å². The standard InChI is InChI=1S/C53H82O23/c1-49(2)13-10-21-22(16-49)23-8-9-29-51(5)14-12-30(50(3,4)28(51)11-15-52(29,6)53(23,7)17-24(21)57)72-48-43(76-46-38(65)35(62)32(59)26(19-55)70-46)40(39(66)41(74-48)44(67)68)73-47-42(36(63)33(60)27(20-56)71-47)75-45-37(64)34(61)31(58)25(18-54)69-45/h8,25-43,45-48,54-56,58-66H,9-20H2,1-7H3,(H,67,68). The van der Waals surface area contributed by atoms with E-state index in [4.69, 9.17) is 37.9 Å². The summed E-state index contributed by atoms with van der Waals surface area (Å²) in [6.45, 7) is 12.9. The van der Waals surface area contributed by atoms with E-state index in [1.54, 1.807) is 0 Å². The molecular formula is C53H82O23. The van der Waals surface area contributed by atoms with Crippen LogP contribution in [-0.2, 0) is 47.5 Å². The number of rotatable bonds is 12. The maximum atomic E-state index is 14.1. The molecule has 26 atom stereocenters. The number of carboxylic acids is 1. The number of hydrogen-bond donors (Lipinski definition) is 13. The molecule has 2 saturated carbocycles. The Hall–Kier alpha value is -2.18. The Morgan fingerprint density at radius 3 is 1.66 bits per heavy atom. The van der Waals surface area contributed by atoms with Crippen molar-refractivity contribution in [1.29, 1.82) is 0 Å². The number of carbonyl (C=O) groups excluding carboxylic acids is 1. The Labute approximate surface area is 441 Å². The quantitative estimate of drug-likeness (QED) is 0.0980. The second kappa shape index (κ2) is 21.3. The number of aliphatic hydroxyl groups excluding tert-OH is 12. The average molecular weight is 1090 g/mol. The fourth-order valence-electron chi connectivity index (χ4n) is 15.5. The zero-order valence-corrected chi connectivity index (χ0v) is 44.2. The van der Waals surface area contributed by atoms with E-state index < -0.39 is 166 Å². The monoisotopic (exact) mass is 1090 g/mol. The molecule has 0 spiro atoms. The Balaban J connectivity index is 1.05. The third kappa shape index (κ3) is 9.59. The second-order valence-electron chi connectivity index (χ2n) is 25.3. The number of carbonyl (C=O) groups is 2. The summed E-state index contributed by atoms with van der Waals surface area (Å²) in [6, 6.07) is 0. The molecule has 23 heteroatoms. The molecule has 0 aromatic heterocycles. The van der Waals surface area contributed by atoms with Gasteiger partial charge in [-0.15, -0.1) is 0 Å². The zero-order chi connectivity index (χ0) is 55.5. The fourth-order valence-corrected chi connectivity index (χ4v) is 15.5. The maximum Gasteiger partial charge on any atom is 0.335 e. The van der Waals surface area contributed by atoms with E-state index >= 15 is 0 Å². The van der Waals surface area contributed by atoms with Crippen molar-refractivity contribution in [3.05, 3.63) is 22.8 Å². The van der Waals surface area contributed by atoms with Crippen molar-refractivity contribution in [3.63, 3.8) is 0 Å². The molecule has 0 radical (unpaired) electrons. The molecule has 0 bridgehead atoms. The molecule has 23 nitrogen and oxygen atoms in total. The van der Waals surface area contributed by atoms with E-state index in [9.17, 15) is 76.0 Å². The van der Waals surface area contributed by atoms with Crippen LogP contribution in [0.5, 0.6) is 0 Å². The van der Waals surface area contributed by atoms with Gasteiger partial charge in [-0.1, -0.05) is 54.5 Å². The van der Waals surface area contributed by atoms with Gasteiger partial charge in [0.25, 0.3) is 0 Å². The smallest absolute Gasteiger partial charge is 0.335 e. The van der Waals surface area contributed by atoms with Crippen molar-refractivity contribution in [2.24, 2.45) is 38.9 Å². The van der Waals surface area contributed by atoms with Gasteiger partial charge in [-0.2, -0.15) is 0 Å². The predicted molar refractivity (Wildman–Crippen MR) is 258 cm³/mol. The highest BCUT2D eigenvalue weighted by atomic mass is 16.8. The number of Topliss-reactive ketones (excluding diaryl/α,β-unsaturated/α-hetero) is 1. The van der Waals surface area contributed by atoms with Crippen molar-refractivity contribution in [1.82, 2.24) is 0 Å². The van der Waals surface area contributed by atoms with E-state index in [0.29, 0.717) is 19.3 Å². The van der Waals surface area contributed by atoms with Gasteiger partial charge in [0, 0.05) is 11.8 Å². The van der Waals surface area contributed by atoms with E-state index in [1.165, 1.54) is 11.1 Å². The van der Waals surface area contributed by atoms with Crippen molar-refractivity contribution in [2.75, 3.05) is 19.8 Å². The molecule has 5 aliphatic carbocycles. The van der Waals surface area contributed by atoms with E-state index in [0.717, 1.165) is 44.1 Å². The van der Waals surface area contributed by atoms with E-state index in [1.807, 2.05) is 0 Å². The van der Waals surface area contributed by atoms with Crippen LogP contribution in [0.2, 0.25) is 0 Å². The van der Waals surface area contributed by atoms with Gasteiger partial charge in [-0.3, -0.25) is 4.79 Å².